The lowest BCUT2D eigenvalue weighted by Crippen LogP contribution is -2.42. The molecule has 0 aliphatic rings. The molecule has 3 aromatic rings. The van der Waals surface area contributed by atoms with E-state index in [9.17, 15) is 22.8 Å². The highest BCUT2D eigenvalue weighted by molar-refractivity contribution is 7.89. The maximum Gasteiger partial charge on any atom is 0.290 e. The van der Waals surface area contributed by atoms with Gasteiger partial charge in [0.25, 0.3) is 17.4 Å². The SMILES string of the molecule is CC(C)NS(=O)(=O)c1ccc(Cl)c(C(=O)NNC(=O)c2n[nH]c(=O)c3ccccc23)c1. The van der Waals surface area contributed by atoms with Gasteiger partial charge < -0.3 is 0 Å². The lowest BCUT2D eigenvalue weighted by molar-refractivity contribution is 0.0844. The second-order valence-electron chi connectivity index (χ2n) is 6.77. The Kier molecular flexibility index (Phi) is 6.39. The van der Waals surface area contributed by atoms with Gasteiger partial charge in [0.05, 0.1) is 20.9 Å². The third-order valence-electron chi connectivity index (χ3n) is 4.08. The Balaban J connectivity index is 1.82. The van der Waals surface area contributed by atoms with Gasteiger partial charge in [-0.3, -0.25) is 25.2 Å². The highest BCUT2D eigenvalue weighted by atomic mass is 35.5. The number of carbonyl (C=O) groups excluding carboxylic acids is 2. The van der Waals surface area contributed by atoms with Gasteiger partial charge in [0, 0.05) is 11.4 Å². The molecule has 2 aromatic carbocycles. The monoisotopic (exact) mass is 463 g/mol. The number of fused-ring (bicyclic) bond motifs is 1. The van der Waals surface area contributed by atoms with Crippen molar-refractivity contribution < 1.29 is 18.0 Å². The molecule has 31 heavy (non-hydrogen) atoms. The lowest BCUT2D eigenvalue weighted by Gasteiger charge is -2.12. The van der Waals surface area contributed by atoms with E-state index in [1.165, 1.54) is 18.2 Å². The quantitative estimate of drug-likeness (QED) is 0.419. The number of carbonyl (C=O) groups is 2. The molecule has 0 radical (unpaired) electrons. The van der Waals surface area contributed by atoms with E-state index in [1.807, 2.05) is 0 Å². The number of halogens is 1. The van der Waals surface area contributed by atoms with Crippen molar-refractivity contribution in [3.8, 4) is 0 Å². The zero-order valence-electron chi connectivity index (χ0n) is 16.4. The van der Waals surface area contributed by atoms with E-state index in [0.29, 0.717) is 5.39 Å². The topological polar surface area (TPSA) is 150 Å². The Labute approximate surface area is 182 Å². The van der Waals surface area contributed by atoms with Gasteiger partial charge in [0.2, 0.25) is 10.0 Å². The number of H-pyrrole nitrogens is 1. The number of rotatable bonds is 5. The predicted octanol–water partition coefficient (Wildman–Crippen LogP) is 1.34. The van der Waals surface area contributed by atoms with Crippen molar-refractivity contribution in [1.29, 1.82) is 0 Å². The molecule has 162 valence electrons. The molecule has 0 saturated carbocycles. The second-order valence-corrected chi connectivity index (χ2v) is 8.89. The van der Waals surface area contributed by atoms with Crippen LogP contribution >= 0.6 is 11.6 Å². The first kappa shape index (κ1) is 22.4. The first-order valence-corrected chi connectivity index (χ1v) is 10.9. The molecule has 0 atom stereocenters. The van der Waals surface area contributed by atoms with Crippen molar-refractivity contribution >= 4 is 44.2 Å². The first-order valence-electron chi connectivity index (χ1n) is 9.00. The molecule has 0 saturated heterocycles. The normalized spacial score (nSPS) is 11.5. The summed E-state index contributed by atoms with van der Waals surface area (Å²) in [7, 11) is -3.85. The van der Waals surface area contributed by atoms with Crippen molar-refractivity contribution in [2.45, 2.75) is 24.8 Å². The van der Waals surface area contributed by atoms with Crippen molar-refractivity contribution in [3.05, 3.63) is 69.1 Å². The van der Waals surface area contributed by atoms with E-state index in [4.69, 9.17) is 11.6 Å². The van der Waals surface area contributed by atoms with E-state index in [0.717, 1.165) is 6.07 Å². The Morgan fingerprint density at radius 2 is 1.68 bits per heavy atom. The fourth-order valence-corrected chi connectivity index (χ4v) is 4.23. The summed E-state index contributed by atoms with van der Waals surface area (Å²) >= 11 is 6.03. The van der Waals surface area contributed by atoms with Crippen LogP contribution in [-0.4, -0.2) is 36.5 Å². The predicted molar refractivity (Wildman–Crippen MR) is 114 cm³/mol. The lowest BCUT2D eigenvalue weighted by atomic mass is 10.1. The number of aromatic nitrogens is 2. The number of hydrogen-bond donors (Lipinski definition) is 4. The number of amides is 2. The van der Waals surface area contributed by atoms with Crippen LogP contribution in [0.25, 0.3) is 10.8 Å². The summed E-state index contributed by atoms with van der Waals surface area (Å²) in [6.07, 6.45) is 0. The smallest absolute Gasteiger partial charge is 0.267 e. The Bertz CT molecular complexity index is 1340. The van der Waals surface area contributed by atoms with Crippen LogP contribution in [0, 0.1) is 0 Å². The molecule has 3 rings (SSSR count). The molecule has 12 heteroatoms. The molecule has 4 N–H and O–H groups in total. The Morgan fingerprint density at radius 1 is 1.03 bits per heavy atom. The average Bonchev–Trinajstić information content (AvgIpc) is 2.71. The summed E-state index contributed by atoms with van der Waals surface area (Å²) in [6.45, 7) is 3.32. The van der Waals surface area contributed by atoms with Gasteiger partial charge in [-0.1, -0.05) is 29.8 Å². The number of aromatic amines is 1. The fourth-order valence-electron chi connectivity index (χ4n) is 2.75. The van der Waals surface area contributed by atoms with Crippen LogP contribution in [-0.2, 0) is 10.0 Å². The number of benzene rings is 2. The third kappa shape index (κ3) is 4.90. The number of hydrazine groups is 1. The summed E-state index contributed by atoms with van der Waals surface area (Å²) in [5, 5.41) is 6.49. The van der Waals surface area contributed by atoms with Crippen molar-refractivity contribution in [2.75, 3.05) is 0 Å². The van der Waals surface area contributed by atoms with E-state index in [-0.39, 0.29) is 32.6 Å². The maximum atomic E-state index is 12.5. The second kappa shape index (κ2) is 8.84. The van der Waals surface area contributed by atoms with Gasteiger partial charge in [0.1, 0.15) is 0 Å². The minimum absolute atomic E-state index is 0.0112. The Hall–Kier alpha value is -3.28. The highest BCUT2D eigenvalue weighted by Crippen LogP contribution is 2.21. The average molecular weight is 464 g/mol. The first-order chi connectivity index (χ1) is 14.6. The molecule has 0 unspecified atom stereocenters. The summed E-state index contributed by atoms with van der Waals surface area (Å²) in [4.78, 5) is 36.7. The standard InChI is InChI=1S/C19H18ClN5O5S/c1-10(2)25-31(29,30)11-7-8-15(20)14(9-11)18(27)23-24-19(28)16-12-5-3-4-6-13(12)17(26)22-21-16/h3-10,25H,1-2H3,(H,22,26)(H,23,27)(H,24,28). The van der Waals surface area contributed by atoms with Crippen LogP contribution < -0.4 is 21.1 Å². The third-order valence-corrected chi connectivity index (χ3v) is 6.07. The molecule has 0 spiro atoms. The van der Waals surface area contributed by atoms with Crippen molar-refractivity contribution in [1.82, 2.24) is 25.8 Å². The summed E-state index contributed by atoms with van der Waals surface area (Å²) in [5.74, 6) is -1.63. The van der Waals surface area contributed by atoms with Gasteiger partial charge in [0.15, 0.2) is 5.69 Å². The number of hydrogen-bond acceptors (Lipinski definition) is 6. The number of sulfonamides is 1. The van der Waals surface area contributed by atoms with Crippen LogP contribution in [0.15, 0.2) is 52.2 Å². The van der Waals surface area contributed by atoms with E-state index in [2.05, 4.69) is 25.8 Å². The summed E-state index contributed by atoms with van der Waals surface area (Å²) < 4.78 is 27.1. The van der Waals surface area contributed by atoms with Crippen LogP contribution in [0.3, 0.4) is 0 Å². The molecule has 10 nitrogen and oxygen atoms in total. The van der Waals surface area contributed by atoms with Crippen LogP contribution in [0.1, 0.15) is 34.7 Å². The molecule has 0 aliphatic carbocycles. The molecule has 1 aromatic heterocycles. The summed E-state index contributed by atoms with van der Waals surface area (Å²) in [5.41, 5.74) is 3.61. The van der Waals surface area contributed by atoms with E-state index >= 15 is 0 Å². The Morgan fingerprint density at radius 3 is 2.35 bits per heavy atom. The molecule has 0 aliphatic heterocycles. The van der Waals surface area contributed by atoms with Gasteiger partial charge >= 0.3 is 0 Å². The van der Waals surface area contributed by atoms with Gasteiger partial charge in [-0.25, -0.2) is 18.2 Å². The minimum atomic E-state index is -3.85. The van der Waals surface area contributed by atoms with Gasteiger partial charge in [-0.2, -0.15) is 5.10 Å². The van der Waals surface area contributed by atoms with Crippen LogP contribution in [0.4, 0.5) is 0 Å². The number of nitrogens with zero attached hydrogens (tertiary/aromatic N) is 1. The van der Waals surface area contributed by atoms with Crippen LogP contribution in [0.2, 0.25) is 5.02 Å². The highest BCUT2D eigenvalue weighted by Gasteiger charge is 2.21. The van der Waals surface area contributed by atoms with E-state index in [1.54, 1.807) is 32.0 Å². The fraction of sp³-hybridized carbons (Fsp3) is 0.158. The minimum Gasteiger partial charge on any atom is -0.267 e. The maximum absolute atomic E-state index is 12.5. The van der Waals surface area contributed by atoms with Crippen molar-refractivity contribution in [3.63, 3.8) is 0 Å². The molecule has 0 bridgehead atoms. The number of nitrogens with one attached hydrogen (secondary N) is 4. The molecular formula is C19H18ClN5O5S. The van der Waals surface area contributed by atoms with Crippen LogP contribution in [0.5, 0.6) is 0 Å². The summed E-state index contributed by atoms with van der Waals surface area (Å²) in [6, 6.07) is 9.62. The van der Waals surface area contributed by atoms with Crippen molar-refractivity contribution in [2.24, 2.45) is 0 Å². The van der Waals surface area contributed by atoms with Gasteiger partial charge in [-0.05, 0) is 38.1 Å². The molecule has 2 amide bonds. The molecule has 0 fully saturated rings. The zero-order chi connectivity index (χ0) is 22.8. The van der Waals surface area contributed by atoms with E-state index < -0.39 is 27.4 Å². The largest absolute Gasteiger partial charge is 0.290 e. The van der Waals surface area contributed by atoms with Gasteiger partial charge in [-0.15, -0.1) is 0 Å². The zero-order valence-corrected chi connectivity index (χ0v) is 18.0. The molecular weight excluding hydrogens is 446 g/mol. The molecule has 1 heterocycles.